The summed E-state index contributed by atoms with van der Waals surface area (Å²) in [6, 6.07) is 6.30. The number of hydrogen-bond donors (Lipinski definition) is 1. The van der Waals surface area contributed by atoms with Crippen LogP contribution in [0.15, 0.2) is 18.2 Å². The van der Waals surface area contributed by atoms with Gasteiger partial charge in [-0.2, -0.15) is 0 Å². The second-order valence-corrected chi connectivity index (χ2v) is 6.25. The number of hydrogen-bond acceptors (Lipinski definition) is 5. The predicted octanol–water partition coefficient (Wildman–Crippen LogP) is 3.63. The van der Waals surface area contributed by atoms with E-state index in [2.05, 4.69) is 31.1 Å². The van der Waals surface area contributed by atoms with Crippen molar-refractivity contribution < 1.29 is 9.47 Å². The van der Waals surface area contributed by atoms with Crippen LogP contribution in [0.4, 0.5) is 0 Å². The molecule has 0 aliphatic rings. The van der Waals surface area contributed by atoms with Crippen molar-refractivity contribution in [2.45, 2.75) is 33.4 Å². The summed E-state index contributed by atoms with van der Waals surface area (Å²) in [7, 11) is 3.31. The van der Waals surface area contributed by atoms with Gasteiger partial charge in [-0.1, -0.05) is 13.8 Å². The molecule has 0 aliphatic heterocycles. The molecule has 0 saturated heterocycles. The highest BCUT2D eigenvalue weighted by Crippen LogP contribution is 2.33. The molecule has 0 bridgehead atoms. The van der Waals surface area contributed by atoms with Crippen LogP contribution in [0.1, 0.15) is 24.4 Å². The highest BCUT2D eigenvalue weighted by atomic mass is 32.1. The largest absolute Gasteiger partial charge is 0.497 e. The van der Waals surface area contributed by atoms with E-state index >= 15 is 0 Å². The first-order valence-electron chi connectivity index (χ1n) is 6.96. The summed E-state index contributed by atoms with van der Waals surface area (Å²) in [5.41, 5.74) is 2.10. The van der Waals surface area contributed by atoms with Gasteiger partial charge in [0.05, 0.1) is 19.9 Å². The summed E-state index contributed by atoms with van der Waals surface area (Å²) >= 11 is 1.71. The van der Waals surface area contributed by atoms with Crippen molar-refractivity contribution in [3.8, 4) is 22.1 Å². The first-order valence-corrected chi connectivity index (χ1v) is 7.78. The van der Waals surface area contributed by atoms with Crippen LogP contribution in [-0.2, 0) is 6.54 Å². The maximum absolute atomic E-state index is 5.32. The summed E-state index contributed by atoms with van der Waals surface area (Å²) in [5, 5.41) is 4.42. The van der Waals surface area contributed by atoms with Crippen LogP contribution in [0.2, 0.25) is 0 Å². The van der Waals surface area contributed by atoms with Crippen LogP contribution in [0.25, 0.3) is 10.6 Å². The van der Waals surface area contributed by atoms with E-state index in [9.17, 15) is 0 Å². The summed E-state index contributed by atoms with van der Waals surface area (Å²) in [5.74, 6) is 1.55. The van der Waals surface area contributed by atoms with Gasteiger partial charge in [-0.3, -0.25) is 0 Å². The van der Waals surface area contributed by atoms with Gasteiger partial charge in [0.1, 0.15) is 16.5 Å². The highest BCUT2D eigenvalue weighted by molar-refractivity contribution is 7.15. The maximum atomic E-state index is 5.32. The SMILES string of the molecule is COc1cc(OC)cc(-c2nc(C)c(CNC(C)C)s2)c1. The van der Waals surface area contributed by atoms with Gasteiger partial charge in [0.15, 0.2) is 0 Å². The van der Waals surface area contributed by atoms with E-state index in [1.807, 2.05) is 18.2 Å². The van der Waals surface area contributed by atoms with Crippen molar-refractivity contribution >= 4 is 11.3 Å². The van der Waals surface area contributed by atoms with Gasteiger partial charge in [0.25, 0.3) is 0 Å². The molecular formula is C16H22N2O2S. The molecule has 0 fully saturated rings. The minimum atomic E-state index is 0.465. The third-order valence-corrected chi connectivity index (χ3v) is 4.37. The molecule has 2 aromatic rings. The molecule has 2 rings (SSSR count). The lowest BCUT2D eigenvalue weighted by atomic mass is 10.2. The molecule has 0 radical (unpaired) electrons. The van der Waals surface area contributed by atoms with E-state index in [-0.39, 0.29) is 0 Å². The monoisotopic (exact) mass is 306 g/mol. The number of benzene rings is 1. The summed E-state index contributed by atoms with van der Waals surface area (Å²) in [4.78, 5) is 5.94. The molecule has 0 saturated carbocycles. The minimum Gasteiger partial charge on any atom is -0.497 e. The zero-order chi connectivity index (χ0) is 15.4. The molecule has 0 amide bonds. The molecule has 0 unspecified atom stereocenters. The lowest BCUT2D eigenvalue weighted by Gasteiger charge is -2.07. The number of rotatable bonds is 6. The summed E-state index contributed by atoms with van der Waals surface area (Å²) < 4.78 is 10.6. The molecule has 0 spiro atoms. The van der Waals surface area contributed by atoms with Gasteiger partial charge >= 0.3 is 0 Å². The first-order chi connectivity index (χ1) is 10.0. The average molecular weight is 306 g/mol. The van der Waals surface area contributed by atoms with E-state index in [1.165, 1.54) is 4.88 Å². The van der Waals surface area contributed by atoms with E-state index in [0.717, 1.165) is 34.3 Å². The van der Waals surface area contributed by atoms with Crippen LogP contribution >= 0.6 is 11.3 Å². The molecule has 21 heavy (non-hydrogen) atoms. The number of aryl methyl sites for hydroxylation is 1. The van der Waals surface area contributed by atoms with Crippen LogP contribution in [0.5, 0.6) is 11.5 Å². The Balaban J connectivity index is 2.31. The number of nitrogens with one attached hydrogen (secondary N) is 1. The van der Waals surface area contributed by atoms with Gasteiger partial charge in [-0.05, 0) is 19.1 Å². The quantitative estimate of drug-likeness (QED) is 0.885. The van der Waals surface area contributed by atoms with E-state index in [1.54, 1.807) is 25.6 Å². The molecule has 5 heteroatoms. The van der Waals surface area contributed by atoms with Gasteiger partial charge in [-0.25, -0.2) is 4.98 Å². The van der Waals surface area contributed by atoms with Crippen molar-refractivity contribution in [3.63, 3.8) is 0 Å². The van der Waals surface area contributed by atoms with Gasteiger partial charge in [-0.15, -0.1) is 11.3 Å². The number of thiazole rings is 1. The molecule has 1 aromatic heterocycles. The third-order valence-electron chi connectivity index (χ3n) is 3.16. The van der Waals surface area contributed by atoms with Crippen molar-refractivity contribution in [2.75, 3.05) is 14.2 Å². The number of ether oxygens (including phenoxy) is 2. The molecular weight excluding hydrogens is 284 g/mol. The number of aromatic nitrogens is 1. The van der Waals surface area contributed by atoms with E-state index in [4.69, 9.17) is 9.47 Å². The molecule has 1 aromatic carbocycles. The first kappa shape index (κ1) is 15.8. The second kappa shape index (κ2) is 6.91. The van der Waals surface area contributed by atoms with E-state index < -0.39 is 0 Å². The summed E-state index contributed by atoms with van der Waals surface area (Å²) in [6.45, 7) is 7.19. The maximum Gasteiger partial charge on any atom is 0.124 e. The fraction of sp³-hybridized carbons (Fsp3) is 0.438. The zero-order valence-electron chi connectivity index (χ0n) is 13.2. The van der Waals surface area contributed by atoms with Crippen molar-refractivity contribution in [2.24, 2.45) is 0 Å². The van der Waals surface area contributed by atoms with Crippen molar-refractivity contribution in [1.82, 2.24) is 10.3 Å². The molecule has 1 heterocycles. The fourth-order valence-electron chi connectivity index (χ4n) is 1.94. The Morgan fingerprint density at radius 3 is 2.29 bits per heavy atom. The van der Waals surface area contributed by atoms with Crippen molar-refractivity contribution in [3.05, 3.63) is 28.8 Å². The Morgan fingerprint density at radius 1 is 1.14 bits per heavy atom. The minimum absolute atomic E-state index is 0.465. The van der Waals surface area contributed by atoms with Crippen LogP contribution in [0.3, 0.4) is 0 Å². The highest BCUT2D eigenvalue weighted by Gasteiger charge is 2.12. The number of methoxy groups -OCH3 is 2. The molecule has 0 aliphatic carbocycles. The molecule has 1 N–H and O–H groups in total. The Hall–Kier alpha value is -1.59. The fourth-order valence-corrected chi connectivity index (χ4v) is 2.94. The number of nitrogens with zero attached hydrogens (tertiary/aromatic N) is 1. The van der Waals surface area contributed by atoms with Gasteiger partial charge < -0.3 is 14.8 Å². The Kier molecular flexibility index (Phi) is 5.20. The third kappa shape index (κ3) is 3.95. The predicted molar refractivity (Wildman–Crippen MR) is 87.4 cm³/mol. The standard InChI is InChI=1S/C16H22N2O2S/c1-10(2)17-9-15-11(3)18-16(21-15)12-6-13(19-4)8-14(7-12)20-5/h6-8,10,17H,9H2,1-5H3. The van der Waals surface area contributed by atoms with Gasteiger partial charge in [0.2, 0.25) is 0 Å². The van der Waals surface area contributed by atoms with E-state index in [0.29, 0.717) is 6.04 Å². The Bertz CT molecular complexity index is 586. The van der Waals surface area contributed by atoms with Gasteiger partial charge in [0, 0.05) is 29.1 Å². The lowest BCUT2D eigenvalue weighted by molar-refractivity contribution is 0.394. The molecule has 4 nitrogen and oxygen atoms in total. The van der Waals surface area contributed by atoms with Crippen molar-refractivity contribution in [1.29, 1.82) is 0 Å². The van der Waals surface area contributed by atoms with Crippen LogP contribution in [0, 0.1) is 6.92 Å². The lowest BCUT2D eigenvalue weighted by Crippen LogP contribution is -2.21. The topological polar surface area (TPSA) is 43.4 Å². The summed E-state index contributed by atoms with van der Waals surface area (Å²) in [6.07, 6.45) is 0. The Labute approximate surface area is 130 Å². The Morgan fingerprint density at radius 2 is 1.76 bits per heavy atom. The molecule has 0 atom stereocenters. The van der Waals surface area contributed by atoms with Crippen LogP contribution in [-0.4, -0.2) is 25.2 Å². The zero-order valence-corrected chi connectivity index (χ0v) is 14.0. The normalized spacial score (nSPS) is 11.0. The average Bonchev–Trinajstić information content (AvgIpc) is 2.85. The molecule has 114 valence electrons. The van der Waals surface area contributed by atoms with Crippen LogP contribution < -0.4 is 14.8 Å². The second-order valence-electron chi connectivity index (χ2n) is 5.16. The smallest absolute Gasteiger partial charge is 0.124 e.